The number of ether oxygens (including phenoxy) is 1. The maximum atomic E-state index is 12.5. The number of nitrogens with two attached hydrogens (primary N) is 1. The van der Waals surface area contributed by atoms with Gasteiger partial charge >= 0.3 is 5.97 Å². The first-order valence-corrected chi connectivity index (χ1v) is 9.43. The summed E-state index contributed by atoms with van der Waals surface area (Å²) < 4.78 is 7.28. The zero-order valence-corrected chi connectivity index (χ0v) is 15.8. The van der Waals surface area contributed by atoms with E-state index in [1.54, 1.807) is 0 Å². The van der Waals surface area contributed by atoms with Crippen LogP contribution < -0.4 is 5.73 Å². The first-order chi connectivity index (χ1) is 13.2. The predicted octanol–water partition coefficient (Wildman–Crippen LogP) is 4.19. The number of nitrogens with zero attached hydrogens (tertiary/aromatic N) is 1. The Labute approximate surface area is 159 Å². The van der Waals surface area contributed by atoms with Gasteiger partial charge in [-0.05, 0) is 48.1 Å². The molecule has 0 amide bonds. The Morgan fingerprint density at radius 2 is 2.04 bits per heavy atom. The monoisotopic (exact) mass is 360 g/mol. The molecule has 0 radical (unpaired) electrons. The Kier molecular flexibility index (Phi) is 4.58. The number of esters is 1. The van der Waals surface area contributed by atoms with Gasteiger partial charge < -0.3 is 15.0 Å². The van der Waals surface area contributed by atoms with Gasteiger partial charge in [0.2, 0.25) is 0 Å². The summed E-state index contributed by atoms with van der Waals surface area (Å²) in [6.07, 6.45) is 4.43. The van der Waals surface area contributed by atoms with E-state index in [1.807, 2.05) is 24.6 Å². The molecule has 3 aromatic rings. The number of benzene rings is 2. The van der Waals surface area contributed by atoms with E-state index in [0.717, 1.165) is 35.0 Å². The van der Waals surface area contributed by atoms with E-state index in [0.29, 0.717) is 18.7 Å². The minimum atomic E-state index is -0.307. The zero-order valence-electron chi connectivity index (χ0n) is 15.8. The first kappa shape index (κ1) is 17.6. The molecule has 4 nitrogen and oxygen atoms in total. The third-order valence-corrected chi connectivity index (χ3v) is 5.38. The van der Waals surface area contributed by atoms with Crippen molar-refractivity contribution in [1.82, 2.24) is 4.57 Å². The minimum absolute atomic E-state index is 0.292. The Morgan fingerprint density at radius 3 is 2.81 bits per heavy atom. The highest BCUT2D eigenvalue weighted by Gasteiger charge is 2.22. The Balaban J connectivity index is 1.88. The lowest BCUT2D eigenvalue weighted by Crippen LogP contribution is -2.12. The van der Waals surface area contributed by atoms with Crippen LogP contribution >= 0.6 is 0 Å². The van der Waals surface area contributed by atoms with Gasteiger partial charge in [0.25, 0.3) is 0 Å². The number of hydrogen-bond acceptors (Lipinski definition) is 3. The molecule has 4 heteroatoms. The number of fused-ring (bicyclic) bond motifs is 2. The topological polar surface area (TPSA) is 57.2 Å². The van der Waals surface area contributed by atoms with E-state index < -0.39 is 0 Å². The molecule has 27 heavy (non-hydrogen) atoms. The highest BCUT2D eigenvalue weighted by Crippen LogP contribution is 2.35. The second kappa shape index (κ2) is 7.05. The van der Waals surface area contributed by atoms with Gasteiger partial charge in [0.1, 0.15) is 0 Å². The fraction of sp³-hybridized carbons (Fsp3) is 0.261. The molecule has 0 saturated heterocycles. The van der Waals surface area contributed by atoms with Gasteiger partial charge in [0, 0.05) is 30.2 Å². The lowest BCUT2D eigenvalue weighted by Gasteiger charge is -2.18. The summed E-state index contributed by atoms with van der Waals surface area (Å²) in [5, 5.41) is 0.893. The maximum absolute atomic E-state index is 12.5. The van der Waals surface area contributed by atoms with Crippen molar-refractivity contribution in [1.29, 1.82) is 0 Å². The lowest BCUT2D eigenvalue weighted by atomic mass is 9.87. The molecule has 0 aliphatic heterocycles. The minimum Gasteiger partial charge on any atom is -0.462 e. The summed E-state index contributed by atoms with van der Waals surface area (Å²) >= 11 is 0. The van der Waals surface area contributed by atoms with Crippen molar-refractivity contribution in [3.05, 3.63) is 76.5 Å². The van der Waals surface area contributed by atoms with Crippen molar-refractivity contribution < 1.29 is 9.53 Å². The summed E-state index contributed by atoms with van der Waals surface area (Å²) in [5.41, 5.74) is 13.4. The van der Waals surface area contributed by atoms with Crippen molar-refractivity contribution in [2.75, 3.05) is 6.61 Å². The van der Waals surface area contributed by atoms with Crippen molar-refractivity contribution in [2.45, 2.75) is 26.3 Å². The summed E-state index contributed by atoms with van der Waals surface area (Å²) in [5.74, 6) is -0.307. The van der Waals surface area contributed by atoms with Gasteiger partial charge in [-0.1, -0.05) is 42.5 Å². The second-order valence-electron chi connectivity index (χ2n) is 6.85. The van der Waals surface area contributed by atoms with Crippen LogP contribution in [0.1, 0.15) is 46.1 Å². The number of allylic oxidation sites excluding steroid dienone is 1. The van der Waals surface area contributed by atoms with Crippen molar-refractivity contribution in [3.8, 4) is 0 Å². The van der Waals surface area contributed by atoms with Crippen LogP contribution in [0.5, 0.6) is 0 Å². The van der Waals surface area contributed by atoms with Gasteiger partial charge in [0.15, 0.2) is 0 Å². The highest BCUT2D eigenvalue weighted by atomic mass is 16.5. The van der Waals surface area contributed by atoms with Gasteiger partial charge in [-0.25, -0.2) is 4.79 Å². The third-order valence-electron chi connectivity index (χ3n) is 5.38. The fourth-order valence-electron chi connectivity index (χ4n) is 4.08. The molecule has 0 atom stereocenters. The standard InChI is InChI=1S/C23H24N2O2/c1-3-27-23(26)22-19-12-11-16(13-20(19)25(2)21(22)14-24)18-10-6-8-15-7-4-5-9-17(15)18/h4-5,7,9-13H,3,6,8,14,24H2,1-2H3. The number of hydrogen-bond donors (Lipinski definition) is 1. The quantitative estimate of drug-likeness (QED) is 0.710. The van der Waals surface area contributed by atoms with Crippen LogP contribution in [0.4, 0.5) is 0 Å². The lowest BCUT2D eigenvalue weighted by molar-refractivity contribution is 0.0527. The number of carbonyl (C=O) groups excluding carboxylic acids is 1. The Bertz CT molecular complexity index is 1060. The van der Waals surface area contributed by atoms with Gasteiger partial charge in [-0.3, -0.25) is 0 Å². The summed E-state index contributed by atoms with van der Waals surface area (Å²) in [6.45, 7) is 2.46. The van der Waals surface area contributed by atoms with Crippen molar-refractivity contribution in [3.63, 3.8) is 0 Å². The van der Waals surface area contributed by atoms with Crippen molar-refractivity contribution in [2.24, 2.45) is 12.8 Å². The molecular weight excluding hydrogens is 336 g/mol. The SMILES string of the molecule is CCOC(=O)c1c(CN)n(C)c2cc(C3=CCCc4ccccc43)ccc12. The molecule has 0 unspecified atom stereocenters. The van der Waals surface area contributed by atoms with Crippen LogP contribution in [0, 0.1) is 0 Å². The van der Waals surface area contributed by atoms with Crippen molar-refractivity contribution >= 4 is 22.4 Å². The normalized spacial score (nSPS) is 13.4. The molecule has 0 bridgehead atoms. The van der Waals surface area contributed by atoms with Crippen LogP contribution in [0.3, 0.4) is 0 Å². The fourth-order valence-corrected chi connectivity index (χ4v) is 4.08. The number of carbonyl (C=O) groups is 1. The number of aromatic nitrogens is 1. The van der Waals surface area contributed by atoms with E-state index in [2.05, 4.69) is 42.5 Å². The average molecular weight is 360 g/mol. The van der Waals surface area contributed by atoms with E-state index in [4.69, 9.17) is 10.5 Å². The molecule has 1 aliphatic rings. The molecule has 2 aromatic carbocycles. The molecule has 0 fully saturated rings. The molecule has 138 valence electrons. The molecule has 4 rings (SSSR count). The molecular formula is C23H24N2O2. The highest BCUT2D eigenvalue weighted by molar-refractivity contribution is 6.06. The van der Waals surface area contributed by atoms with Crippen LogP contribution in [0.2, 0.25) is 0 Å². The maximum Gasteiger partial charge on any atom is 0.340 e. The Morgan fingerprint density at radius 1 is 1.22 bits per heavy atom. The number of rotatable bonds is 4. The van der Waals surface area contributed by atoms with Crippen LogP contribution in [0.15, 0.2) is 48.5 Å². The molecule has 0 spiro atoms. The summed E-state index contributed by atoms with van der Waals surface area (Å²) in [6, 6.07) is 14.9. The molecule has 1 aromatic heterocycles. The van der Waals surface area contributed by atoms with E-state index in [1.165, 1.54) is 16.7 Å². The molecule has 2 N–H and O–H groups in total. The van der Waals surface area contributed by atoms with Crippen LogP contribution in [-0.4, -0.2) is 17.1 Å². The smallest absolute Gasteiger partial charge is 0.340 e. The second-order valence-corrected chi connectivity index (χ2v) is 6.85. The van der Waals surface area contributed by atoms with Gasteiger partial charge in [0.05, 0.1) is 12.2 Å². The van der Waals surface area contributed by atoms with Gasteiger partial charge in [-0.15, -0.1) is 0 Å². The molecule has 1 heterocycles. The zero-order chi connectivity index (χ0) is 19.0. The largest absolute Gasteiger partial charge is 0.462 e. The third kappa shape index (κ3) is 2.86. The Hall–Kier alpha value is -2.85. The number of aryl methyl sites for hydroxylation is 2. The van der Waals surface area contributed by atoms with E-state index >= 15 is 0 Å². The van der Waals surface area contributed by atoms with Crippen LogP contribution in [0.25, 0.3) is 16.5 Å². The van der Waals surface area contributed by atoms with E-state index in [9.17, 15) is 4.79 Å². The van der Waals surface area contributed by atoms with E-state index in [-0.39, 0.29) is 5.97 Å². The molecule has 0 saturated carbocycles. The van der Waals surface area contributed by atoms with Crippen LogP contribution in [-0.2, 0) is 24.8 Å². The molecule has 1 aliphatic carbocycles. The predicted molar refractivity (Wildman–Crippen MR) is 109 cm³/mol. The first-order valence-electron chi connectivity index (χ1n) is 9.43. The van der Waals surface area contributed by atoms with Gasteiger partial charge in [-0.2, -0.15) is 0 Å². The summed E-state index contributed by atoms with van der Waals surface area (Å²) in [7, 11) is 1.96. The summed E-state index contributed by atoms with van der Waals surface area (Å²) in [4.78, 5) is 12.5. The average Bonchev–Trinajstić information content (AvgIpc) is 2.99.